The minimum atomic E-state index is 0.604. The largest absolute Gasteiger partial charge is 0.293 e. The van der Waals surface area contributed by atoms with Crippen LogP contribution >= 0.6 is 38.9 Å². The van der Waals surface area contributed by atoms with E-state index in [-0.39, 0.29) is 0 Å². The second kappa shape index (κ2) is 5.22. The number of alkyl halides is 1. The van der Waals surface area contributed by atoms with Gasteiger partial charge in [-0.2, -0.15) is 0 Å². The molecule has 0 bridgehead atoms. The summed E-state index contributed by atoms with van der Waals surface area (Å²) in [5, 5.41) is 2.11. The molecule has 0 aliphatic carbocycles. The van der Waals surface area contributed by atoms with E-state index in [0.29, 0.717) is 6.00 Å². The highest BCUT2D eigenvalue weighted by atomic mass is 79.9. The SMILES string of the molecule is CN(CCl)CCc1cc(Br)cs1. The van der Waals surface area contributed by atoms with Crippen LogP contribution in [0.3, 0.4) is 0 Å². The summed E-state index contributed by atoms with van der Waals surface area (Å²) < 4.78 is 1.18. The van der Waals surface area contributed by atoms with Gasteiger partial charge in [0.2, 0.25) is 0 Å². The summed E-state index contributed by atoms with van der Waals surface area (Å²) >= 11 is 10.9. The summed E-state index contributed by atoms with van der Waals surface area (Å²) in [5.41, 5.74) is 0. The Morgan fingerprint density at radius 3 is 2.92 bits per heavy atom. The molecule has 0 spiro atoms. The third-order valence-electron chi connectivity index (χ3n) is 1.57. The summed E-state index contributed by atoms with van der Waals surface area (Å²) in [6, 6.07) is 2.76. The van der Waals surface area contributed by atoms with Crippen LogP contribution in [0.15, 0.2) is 15.9 Å². The van der Waals surface area contributed by atoms with Crippen molar-refractivity contribution >= 4 is 38.9 Å². The lowest BCUT2D eigenvalue weighted by Crippen LogP contribution is -2.18. The zero-order valence-electron chi connectivity index (χ0n) is 6.89. The smallest absolute Gasteiger partial charge is 0.0736 e. The van der Waals surface area contributed by atoms with E-state index in [1.165, 1.54) is 9.35 Å². The molecule has 1 nitrogen and oxygen atoms in total. The van der Waals surface area contributed by atoms with E-state index in [0.717, 1.165) is 13.0 Å². The summed E-state index contributed by atoms with van der Waals surface area (Å²) in [7, 11) is 2.02. The van der Waals surface area contributed by atoms with Crippen LogP contribution in [0.5, 0.6) is 0 Å². The Hall–Kier alpha value is 0.430. The molecule has 1 aromatic rings. The maximum absolute atomic E-state index is 5.64. The second-order valence-electron chi connectivity index (χ2n) is 2.68. The molecule has 0 aliphatic rings. The van der Waals surface area contributed by atoms with Gasteiger partial charge in [0.1, 0.15) is 0 Å². The van der Waals surface area contributed by atoms with Gasteiger partial charge in [0, 0.05) is 21.3 Å². The van der Waals surface area contributed by atoms with E-state index in [9.17, 15) is 0 Å². The molecule has 4 heteroatoms. The van der Waals surface area contributed by atoms with Crippen molar-refractivity contribution in [2.24, 2.45) is 0 Å². The first-order valence-electron chi connectivity index (χ1n) is 3.70. The van der Waals surface area contributed by atoms with Gasteiger partial charge < -0.3 is 0 Å². The van der Waals surface area contributed by atoms with Crippen LogP contribution in [0.1, 0.15) is 4.88 Å². The van der Waals surface area contributed by atoms with Gasteiger partial charge in [0.15, 0.2) is 0 Å². The number of likely N-dealkylation sites (N-methyl/N-ethyl adjacent to an activating group) is 1. The maximum atomic E-state index is 5.64. The molecule has 1 aromatic heterocycles. The molecule has 0 saturated heterocycles. The van der Waals surface area contributed by atoms with Crippen LogP contribution in [-0.2, 0) is 6.42 Å². The first-order valence-corrected chi connectivity index (χ1v) is 5.90. The molecule has 1 heterocycles. The van der Waals surface area contributed by atoms with Crippen LogP contribution < -0.4 is 0 Å². The number of nitrogens with zero attached hydrogens (tertiary/aromatic N) is 1. The molecule has 0 aliphatic heterocycles. The predicted octanol–water partition coefficient (Wildman–Crippen LogP) is 3.18. The standard InChI is InChI=1S/C8H11BrClNS/c1-11(6-10)3-2-8-4-7(9)5-12-8/h4-5H,2-3,6H2,1H3. The fourth-order valence-electron chi connectivity index (χ4n) is 0.846. The minimum Gasteiger partial charge on any atom is -0.293 e. The number of halogens is 2. The van der Waals surface area contributed by atoms with Crippen LogP contribution in [-0.4, -0.2) is 24.5 Å². The van der Waals surface area contributed by atoms with Gasteiger partial charge in [-0.3, -0.25) is 4.90 Å². The summed E-state index contributed by atoms with van der Waals surface area (Å²) in [6.45, 7) is 1.02. The van der Waals surface area contributed by atoms with E-state index in [2.05, 4.69) is 32.3 Å². The summed E-state index contributed by atoms with van der Waals surface area (Å²) in [5.74, 6) is 0. The van der Waals surface area contributed by atoms with Gasteiger partial charge in [-0.05, 0) is 35.5 Å². The number of thiophene rings is 1. The molecular formula is C8H11BrClNS. The molecule has 0 N–H and O–H groups in total. The normalized spacial score (nSPS) is 11.0. The predicted molar refractivity (Wildman–Crippen MR) is 59.1 cm³/mol. The van der Waals surface area contributed by atoms with Crippen LogP contribution in [0.4, 0.5) is 0 Å². The average molecular weight is 269 g/mol. The highest BCUT2D eigenvalue weighted by Crippen LogP contribution is 2.20. The Morgan fingerprint density at radius 1 is 1.67 bits per heavy atom. The zero-order valence-corrected chi connectivity index (χ0v) is 10.0. The van der Waals surface area contributed by atoms with Crippen molar-refractivity contribution in [1.82, 2.24) is 4.90 Å². The van der Waals surface area contributed by atoms with Gasteiger partial charge in [0.25, 0.3) is 0 Å². The molecular weight excluding hydrogens is 258 g/mol. The van der Waals surface area contributed by atoms with Crippen molar-refractivity contribution in [1.29, 1.82) is 0 Å². The topological polar surface area (TPSA) is 3.24 Å². The van der Waals surface area contributed by atoms with Crippen molar-refractivity contribution < 1.29 is 0 Å². The Morgan fingerprint density at radius 2 is 2.42 bits per heavy atom. The lowest BCUT2D eigenvalue weighted by Gasteiger charge is -2.10. The lowest BCUT2D eigenvalue weighted by atomic mass is 10.3. The number of rotatable bonds is 4. The molecule has 68 valence electrons. The molecule has 12 heavy (non-hydrogen) atoms. The van der Waals surface area contributed by atoms with E-state index in [1.807, 2.05) is 7.05 Å². The Balaban J connectivity index is 2.33. The van der Waals surface area contributed by atoms with Gasteiger partial charge in [-0.1, -0.05) is 0 Å². The second-order valence-corrected chi connectivity index (χ2v) is 4.83. The molecule has 0 radical (unpaired) electrons. The first-order chi connectivity index (χ1) is 5.72. The van der Waals surface area contributed by atoms with Gasteiger partial charge in [-0.15, -0.1) is 22.9 Å². The van der Waals surface area contributed by atoms with Crippen LogP contribution in [0.2, 0.25) is 0 Å². The van der Waals surface area contributed by atoms with E-state index in [1.54, 1.807) is 11.3 Å². The highest BCUT2D eigenvalue weighted by Gasteiger charge is 1.99. The first kappa shape index (κ1) is 10.5. The van der Waals surface area contributed by atoms with Crippen molar-refractivity contribution in [3.05, 3.63) is 20.8 Å². The van der Waals surface area contributed by atoms with Crippen LogP contribution in [0.25, 0.3) is 0 Å². The minimum absolute atomic E-state index is 0.604. The molecule has 0 unspecified atom stereocenters. The quantitative estimate of drug-likeness (QED) is 0.599. The number of hydrogen-bond acceptors (Lipinski definition) is 2. The fraction of sp³-hybridized carbons (Fsp3) is 0.500. The Bertz CT molecular complexity index is 239. The van der Waals surface area contributed by atoms with E-state index in [4.69, 9.17) is 11.6 Å². The van der Waals surface area contributed by atoms with Crippen molar-refractivity contribution in [3.63, 3.8) is 0 Å². The molecule has 0 amide bonds. The van der Waals surface area contributed by atoms with Crippen molar-refractivity contribution in [3.8, 4) is 0 Å². The molecule has 0 fully saturated rings. The average Bonchev–Trinajstić information content (AvgIpc) is 2.47. The Labute approximate surface area is 90.5 Å². The molecule has 0 aromatic carbocycles. The zero-order chi connectivity index (χ0) is 8.97. The fourth-order valence-corrected chi connectivity index (χ4v) is 2.41. The lowest BCUT2D eigenvalue weighted by molar-refractivity contribution is 0.395. The van der Waals surface area contributed by atoms with Gasteiger partial charge in [0.05, 0.1) is 6.00 Å². The molecule has 1 rings (SSSR count). The number of hydrogen-bond donors (Lipinski definition) is 0. The molecule has 0 saturated carbocycles. The van der Waals surface area contributed by atoms with E-state index >= 15 is 0 Å². The summed E-state index contributed by atoms with van der Waals surface area (Å²) in [4.78, 5) is 3.49. The van der Waals surface area contributed by atoms with Gasteiger partial charge in [-0.25, -0.2) is 0 Å². The van der Waals surface area contributed by atoms with Crippen LogP contribution in [0, 0.1) is 0 Å². The van der Waals surface area contributed by atoms with Crippen molar-refractivity contribution in [2.75, 3.05) is 19.6 Å². The maximum Gasteiger partial charge on any atom is 0.0736 e. The third-order valence-corrected chi connectivity index (χ3v) is 3.73. The van der Waals surface area contributed by atoms with Gasteiger partial charge >= 0.3 is 0 Å². The molecule has 0 atom stereocenters. The van der Waals surface area contributed by atoms with E-state index < -0.39 is 0 Å². The third kappa shape index (κ3) is 3.44. The monoisotopic (exact) mass is 267 g/mol. The Kier molecular flexibility index (Phi) is 4.57. The van der Waals surface area contributed by atoms with Crippen molar-refractivity contribution in [2.45, 2.75) is 6.42 Å². The summed E-state index contributed by atoms with van der Waals surface area (Å²) in [6.07, 6.45) is 1.08. The highest BCUT2D eigenvalue weighted by molar-refractivity contribution is 9.10.